The van der Waals surface area contributed by atoms with E-state index in [0.29, 0.717) is 24.4 Å². The summed E-state index contributed by atoms with van der Waals surface area (Å²) in [7, 11) is 0. The first kappa shape index (κ1) is 20.5. The van der Waals surface area contributed by atoms with Crippen LogP contribution in [0.25, 0.3) is 0 Å². The van der Waals surface area contributed by atoms with E-state index < -0.39 is 0 Å². The molecule has 160 valence electrons. The van der Waals surface area contributed by atoms with E-state index in [0.717, 1.165) is 12.3 Å². The zero-order valence-electron chi connectivity index (χ0n) is 18.6. The summed E-state index contributed by atoms with van der Waals surface area (Å²) < 4.78 is 0. The number of hydrogen-bond acceptors (Lipinski definition) is 1. The van der Waals surface area contributed by atoms with E-state index >= 15 is 0 Å². The van der Waals surface area contributed by atoms with Gasteiger partial charge in [0, 0.05) is 12.5 Å². The standard InChI is InChI=1S/C30H34O/c1-21-7-15-29-27(17-21)14-16-28(25-5-3-2-4-6-25)30(29)26-12-10-22(11-13-26)8-9-23-18-24(19-23)20-31/h2-7,10-13,15,17,23-24,28,30-31H,8-9,14,16,18-20H2,1H3/t23?,24?,28-,30+/m1/s1. The molecule has 0 saturated heterocycles. The minimum Gasteiger partial charge on any atom is -0.396 e. The number of fused-ring (bicyclic) bond motifs is 1. The van der Waals surface area contributed by atoms with E-state index in [4.69, 9.17) is 0 Å². The predicted molar refractivity (Wildman–Crippen MR) is 129 cm³/mol. The molecule has 2 aliphatic carbocycles. The Hall–Kier alpha value is -2.38. The Labute approximate surface area is 187 Å². The van der Waals surface area contributed by atoms with E-state index in [1.54, 1.807) is 0 Å². The average Bonchev–Trinajstić information content (AvgIpc) is 2.78. The SMILES string of the molecule is Cc1ccc2c(c1)CC[C@H](c1ccccc1)[C@@H]2c1ccc(CCC2CC(CO)C2)cc1. The number of rotatable bonds is 6. The van der Waals surface area contributed by atoms with Crippen LogP contribution in [0.1, 0.15) is 70.9 Å². The normalized spacial score (nSPS) is 25.0. The molecule has 0 radical (unpaired) electrons. The second-order valence-electron chi connectivity index (χ2n) is 9.90. The quantitative estimate of drug-likeness (QED) is 0.473. The maximum Gasteiger partial charge on any atom is 0.0459 e. The molecule has 1 N–H and O–H groups in total. The Balaban J connectivity index is 1.39. The molecule has 31 heavy (non-hydrogen) atoms. The summed E-state index contributed by atoms with van der Waals surface area (Å²) in [4.78, 5) is 0. The van der Waals surface area contributed by atoms with Gasteiger partial charge in [-0.15, -0.1) is 0 Å². The van der Waals surface area contributed by atoms with Crippen molar-refractivity contribution in [2.45, 2.75) is 57.3 Å². The third-order valence-electron chi connectivity index (χ3n) is 7.76. The van der Waals surface area contributed by atoms with Gasteiger partial charge in [-0.1, -0.05) is 78.4 Å². The Bertz CT molecular complexity index is 998. The van der Waals surface area contributed by atoms with Crippen molar-refractivity contribution in [3.8, 4) is 0 Å². The lowest BCUT2D eigenvalue weighted by Gasteiger charge is -2.35. The molecule has 0 bridgehead atoms. The molecular weight excluding hydrogens is 376 g/mol. The summed E-state index contributed by atoms with van der Waals surface area (Å²) >= 11 is 0. The molecule has 0 aliphatic heterocycles. The molecule has 1 heteroatoms. The van der Waals surface area contributed by atoms with Crippen LogP contribution in [0.5, 0.6) is 0 Å². The van der Waals surface area contributed by atoms with E-state index in [1.807, 2.05) is 0 Å². The number of aliphatic hydroxyl groups is 1. The Kier molecular flexibility index (Phi) is 5.96. The molecule has 0 unspecified atom stereocenters. The second-order valence-corrected chi connectivity index (χ2v) is 9.90. The van der Waals surface area contributed by atoms with Gasteiger partial charge < -0.3 is 5.11 Å². The van der Waals surface area contributed by atoms with Crippen molar-refractivity contribution in [2.75, 3.05) is 6.61 Å². The lowest BCUT2D eigenvalue weighted by atomic mass is 9.69. The lowest BCUT2D eigenvalue weighted by Crippen LogP contribution is -2.26. The van der Waals surface area contributed by atoms with Crippen molar-refractivity contribution in [3.05, 3.63) is 106 Å². The van der Waals surface area contributed by atoms with Crippen LogP contribution in [-0.4, -0.2) is 11.7 Å². The van der Waals surface area contributed by atoms with Gasteiger partial charge in [0.25, 0.3) is 0 Å². The van der Waals surface area contributed by atoms with Crippen LogP contribution in [-0.2, 0) is 12.8 Å². The van der Waals surface area contributed by atoms with Crippen LogP contribution in [0, 0.1) is 18.8 Å². The van der Waals surface area contributed by atoms with Gasteiger partial charge in [0.2, 0.25) is 0 Å². The highest BCUT2D eigenvalue weighted by Crippen LogP contribution is 2.46. The first-order chi connectivity index (χ1) is 15.2. The molecule has 0 spiro atoms. The number of aliphatic hydroxyl groups excluding tert-OH is 1. The van der Waals surface area contributed by atoms with Crippen LogP contribution in [0.4, 0.5) is 0 Å². The molecule has 1 fully saturated rings. The van der Waals surface area contributed by atoms with Gasteiger partial charge >= 0.3 is 0 Å². The smallest absolute Gasteiger partial charge is 0.0459 e. The van der Waals surface area contributed by atoms with E-state index in [9.17, 15) is 5.11 Å². The molecular formula is C30H34O. The largest absolute Gasteiger partial charge is 0.396 e. The van der Waals surface area contributed by atoms with Crippen molar-refractivity contribution in [3.63, 3.8) is 0 Å². The van der Waals surface area contributed by atoms with Crippen molar-refractivity contribution in [1.82, 2.24) is 0 Å². The molecule has 3 aromatic rings. The maximum absolute atomic E-state index is 9.23. The summed E-state index contributed by atoms with van der Waals surface area (Å²) in [5, 5.41) is 9.23. The molecule has 1 saturated carbocycles. The fraction of sp³-hybridized carbons (Fsp3) is 0.400. The minimum atomic E-state index is 0.371. The highest BCUT2D eigenvalue weighted by Gasteiger charge is 2.32. The van der Waals surface area contributed by atoms with Crippen molar-refractivity contribution >= 4 is 0 Å². The van der Waals surface area contributed by atoms with Gasteiger partial charge in [0.1, 0.15) is 0 Å². The minimum absolute atomic E-state index is 0.371. The van der Waals surface area contributed by atoms with Gasteiger partial charge in [-0.3, -0.25) is 0 Å². The summed E-state index contributed by atoms with van der Waals surface area (Å²) in [5.74, 6) is 2.34. The highest BCUT2D eigenvalue weighted by molar-refractivity contribution is 5.46. The van der Waals surface area contributed by atoms with Crippen molar-refractivity contribution < 1.29 is 5.11 Å². The molecule has 2 atom stereocenters. The Morgan fingerprint density at radius 1 is 0.839 bits per heavy atom. The predicted octanol–water partition coefficient (Wildman–Crippen LogP) is 6.81. The monoisotopic (exact) mass is 410 g/mol. The third kappa shape index (κ3) is 4.34. The first-order valence-electron chi connectivity index (χ1n) is 12.1. The molecule has 5 rings (SSSR count). The van der Waals surface area contributed by atoms with Crippen LogP contribution in [0.2, 0.25) is 0 Å². The lowest BCUT2D eigenvalue weighted by molar-refractivity contribution is 0.102. The summed E-state index contributed by atoms with van der Waals surface area (Å²) in [6.45, 7) is 2.58. The Morgan fingerprint density at radius 2 is 1.61 bits per heavy atom. The number of hydrogen-bond donors (Lipinski definition) is 1. The van der Waals surface area contributed by atoms with Gasteiger partial charge in [-0.05, 0) is 91.0 Å². The Morgan fingerprint density at radius 3 is 2.35 bits per heavy atom. The van der Waals surface area contributed by atoms with Crippen LogP contribution in [0.3, 0.4) is 0 Å². The summed E-state index contributed by atoms with van der Waals surface area (Å²) in [6, 6.07) is 27.7. The summed E-state index contributed by atoms with van der Waals surface area (Å²) in [6.07, 6.45) is 7.22. The molecule has 3 aromatic carbocycles. The second kappa shape index (κ2) is 9.01. The fourth-order valence-corrected chi connectivity index (χ4v) is 5.94. The molecule has 0 aromatic heterocycles. The van der Waals surface area contributed by atoms with E-state index in [-0.39, 0.29) is 0 Å². The topological polar surface area (TPSA) is 20.2 Å². The van der Waals surface area contributed by atoms with E-state index in [2.05, 4.69) is 79.7 Å². The maximum atomic E-state index is 9.23. The molecule has 1 nitrogen and oxygen atoms in total. The zero-order chi connectivity index (χ0) is 21.2. The van der Waals surface area contributed by atoms with Gasteiger partial charge in [0.15, 0.2) is 0 Å². The average molecular weight is 411 g/mol. The zero-order valence-corrected chi connectivity index (χ0v) is 18.6. The number of benzene rings is 3. The van der Waals surface area contributed by atoms with E-state index in [1.165, 1.54) is 65.5 Å². The van der Waals surface area contributed by atoms with Crippen molar-refractivity contribution in [2.24, 2.45) is 11.8 Å². The molecule has 0 heterocycles. The van der Waals surface area contributed by atoms with Crippen molar-refractivity contribution in [1.29, 1.82) is 0 Å². The summed E-state index contributed by atoms with van der Waals surface area (Å²) in [5.41, 5.74) is 8.78. The highest BCUT2D eigenvalue weighted by atomic mass is 16.3. The molecule has 2 aliphatic rings. The van der Waals surface area contributed by atoms with Crippen LogP contribution >= 0.6 is 0 Å². The van der Waals surface area contributed by atoms with Gasteiger partial charge in [0.05, 0.1) is 0 Å². The molecule has 0 amide bonds. The van der Waals surface area contributed by atoms with Crippen LogP contribution in [0.15, 0.2) is 72.8 Å². The first-order valence-corrected chi connectivity index (χ1v) is 12.1. The van der Waals surface area contributed by atoms with Gasteiger partial charge in [-0.25, -0.2) is 0 Å². The fourth-order valence-electron chi connectivity index (χ4n) is 5.94. The number of aryl methyl sites for hydroxylation is 3. The third-order valence-corrected chi connectivity index (χ3v) is 7.76. The van der Waals surface area contributed by atoms with Crippen LogP contribution < -0.4 is 0 Å². The van der Waals surface area contributed by atoms with Gasteiger partial charge in [-0.2, -0.15) is 0 Å².